The van der Waals surface area contributed by atoms with Gasteiger partial charge in [-0.3, -0.25) is 4.79 Å². The molecule has 0 spiro atoms. The zero-order valence-electron chi connectivity index (χ0n) is 7.54. The summed E-state index contributed by atoms with van der Waals surface area (Å²) in [5.41, 5.74) is 1.43. The van der Waals surface area contributed by atoms with Gasteiger partial charge < -0.3 is 5.11 Å². The van der Waals surface area contributed by atoms with E-state index in [4.69, 9.17) is 0 Å². The van der Waals surface area contributed by atoms with Crippen LogP contribution in [-0.2, 0) is 0 Å². The first-order valence-corrected chi connectivity index (χ1v) is 4.91. The van der Waals surface area contributed by atoms with Gasteiger partial charge in [-0.2, -0.15) is 0 Å². The quantitative estimate of drug-likeness (QED) is 0.640. The smallest absolute Gasteiger partial charge is 0.176 e. The predicted octanol–water partition coefficient (Wildman–Crippen LogP) is 2.67. The second-order valence-electron chi connectivity index (χ2n) is 3.04. The van der Waals surface area contributed by atoms with Crippen molar-refractivity contribution >= 4 is 21.7 Å². The molecule has 1 atom stereocenters. The fourth-order valence-corrected chi connectivity index (χ4v) is 1.40. The lowest BCUT2D eigenvalue weighted by Gasteiger charge is -2.04. The van der Waals surface area contributed by atoms with Gasteiger partial charge in [-0.05, 0) is 37.6 Å². The lowest BCUT2D eigenvalue weighted by Crippen LogP contribution is -2.09. The van der Waals surface area contributed by atoms with Crippen LogP contribution < -0.4 is 0 Å². The molecule has 2 nitrogen and oxygen atoms in total. The summed E-state index contributed by atoms with van der Waals surface area (Å²) in [7, 11) is 0. The Hall–Kier alpha value is -0.830. The summed E-state index contributed by atoms with van der Waals surface area (Å²) in [6, 6.07) is 4.86. The van der Waals surface area contributed by atoms with Gasteiger partial charge in [0.25, 0.3) is 0 Å². The number of Topliss-reactive ketones (excluding diaryl/α,β-unsaturated/α-hetero) is 1. The number of alkyl halides is 1. The maximum atomic E-state index is 11.5. The number of aromatic hydroxyl groups is 1. The van der Waals surface area contributed by atoms with Crippen LogP contribution in [0.15, 0.2) is 18.2 Å². The molecule has 1 aromatic carbocycles. The molecule has 0 bridgehead atoms. The molecule has 0 aliphatic carbocycles. The first kappa shape index (κ1) is 10.3. The van der Waals surface area contributed by atoms with Crippen LogP contribution in [0.1, 0.15) is 22.8 Å². The van der Waals surface area contributed by atoms with Crippen LogP contribution in [0.3, 0.4) is 0 Å². The normalized spacial score (nSPS) is 12.5. The van der Waals surface area contributed by atoms with Crippen LogP contribution in [0, 0.1) is 6.92 Å². The SMILES string of the molecule is Cc1cc(O)cc(C(=O)C(C)Br)c1. The Kier molecular flexibility index (Phi) is 3.09. The third-order valence-electron chi connectivity index (χ3n) is 1.71. The highest BCUT2D eigenvalue weighted by Crippen LogP contribution is 2.18. The van der Waals surface area contributed by atoms with Crippen molar-refractivity contribution in [3.8, 4) is 5.75 Å². The van der Waals surface area contributed by atoms with E-state index in [9.17, 15) is 9.90 Å². The minimum absolute atomic E-state index is 0.0148. The summed E-state index contributed by atoms with van der Waals surface area (Å²) in [6.07, 6.45) is 0. The van der Waals surface area contributed by atoms with Gasteiger partial charge >= 0.3 is 0 Å². The van der Waals surface area contributed by atoms with Crippen molar-refractivity contribution in [2.45, 2.75) is 18.7 Å². The van der Waals surface area contributed by atoms with E-state index in [-0.39, 0.29) is 16.4 Å². The molecular formula is C10H11BrO2. The first-order valence-electron chi connectivity index (χ1n) is 3.99. The topological polar surface area (TPSA) is 37.3 Å². The number of benzene rings is 1. The Morgan fingerprint density at radius 2 is 2.08 bits per heavy atom. The van der Waals surface area contributed by atoms with E-state index in [0.717, 1.165) is 5.56 Å². The number of phenolic OH excluding ortho intramolecular Hbond substituents is 1. The molecule has 1 rings (SSSR count). The molecule has 3 heteroatoms. The zero-order valence-corrected chi connectivity index (χ0v) is 9.13. The molecule has 70 valence electrons. The summed E-state index contributed by atoms with van der Waals surface area (Å²) in [6.45, 7) is 3.61. The molecule has 1 unspecified atom stereocenters. The maximum absolute atomic E-state index is 11.5. The van der Waals surface area contributed by atoms with Gasteiger partial charge in [0.15, 0.2) is 5.78 Å². The highest BCUT2D eigenvalue weighted by molar-refractivity contribution is 9.10. The minimum Gasteiger partial charge on any atom is -0.508 e. The number of aryl methyl sites for hydroxylation is 1. The molecule has 0 amide bonds. The van der Waals surface area contributed by atoms with Gasteiger partial charge in [-0.25, -0.2) is 0 Å². The monoisotopic (exact) mass is 242 g/mol. The molecule has 13 heavy (non-hydrogen) atoms. The molecule has 0 heterocycles. The molecule has 0 fully saturated rings. The molecular weight excluding hydrogens is 232 g/mol. The van der Waals surface area contributed by atoms with Crippen molar-refractivity contribution < 1.29 is 9.90 Å². The number of hydrogen-bond acceptors (Lipinski definition) is 2. The van der Waals surface area contributed by atoms with E-state index in [1.807, 2.05) is 6.92 Å². The van der Waals surface area contributed by atoms with Crippen LogP contribution >= 0.6 is 15.9 Å². The Morgan fingerprint density at radius 1 is 1.46 bits per heavy atom. The average molecular weight is 243 g/mol. The van der Waals surface area contributed by atoms with E-state index in [1.54, 1.807) is 19.1 Å². The summed E-state index contributed by atoms with van der Waals surface area (Å²) >= 11 is 3.19. The van der Waals surface area contributed by atoms with Gasteiger partial charge in [-0.15, -0.1) is 0 Å². The zero-order chi connectivity index (χ0) is 10.0. The second-order valence-corrected chi connectivity index (χ2v) is 4.41. The Labute approximate surface area is 85.7 Å². The van der Waals surface area contributed by atoms with Crippen LogP contribution in [-0.4, -0.2) is 15.7 Å². The van der Waals surface area contributed by atoms with Crippen LogP contribution in [0.2, 0.25) is 0 Å². The molecule has 0 saturated heterocycles. The summed E-state index contributed by atoms with van der Waals surface area (Å²) in [5.74, 6) is 0.121. The van der Waals surface area contributed by atoms with Crippen LogP contribution in [0.25, 0.3) is 0 Å². The second kappa shape index (κ2) is 3.92. The number of halogens is 1. The Balaban J connectivity index is 3.08. The maximum Gasteiger partial charge on any atom is 0.176 e. The lowest BCUT2D eigenvalue weighted by molar-refractivity contribution is 0.0995. The van der Waals surface area contributed by atoms with E-state index >= 15 is 0 Å². The van der Waals surface area contributed by atoms with Gasteiger partial charge in [-0.1, -0.05) is 15.9 Å². The minimum atomic E-state index is -0.214. The van der Waals surface area contributed by atoms with Gasteiger partial charge in [0.1, 0.15) is 5.75 Å². The van der Waals surface area contributed by atoms with E-state index < -0.39 is 0 Å². The molecule has 0 saturated carbocycles. The average Bonchev–Trinajstić information content (AvgIpc) is 2.01. The number of carbonyl (C=O) groups excluding carboxylic acids is 1. The molecule has 0 aliphatic rings. The Bertz CT molecular complexity index is 311. The van der Waals surface area contributed by atoms with E-state index in [2.05, 4.69) is 15.9 Å². The van der Waals surface area contributed by atoms with E-state index in [0.29, 0.717) is 5.56 Å². The molecule has 0 radical (unpaired) electrons. The molecule has 0 aliphatic heterocycles. The fourth-order valence-electron chi connectivity index (χ4n) is 1.13. The van der Waals surface area contributed by atoms with Crippen molar-refractivity contribution in [3.05, 3.63) is 29.3 Å². The van der Waals surface area contributed by atoms with Crippen LogP contribution in [0.5, 0.6) is 5.75 Å². The number of ketones is 1. The third kappa shape index (κ3) is 2.56. The Morgan fingerprint density at radius 3 is 2.54 bits per heavy atom. The fraction of sp³-hybridized carbons (Fsp3) is 0.300. The predicted molar refractivity (Wildman–Crippen MR) is 55.6 cm³/mol. The van der Waals surface area contributed by atoms with Crippen molar-refractivity contribution in [2.24, 2.45) is 0 Å². The van der Waals surface area contributed by atoms with Crippen LogP contribution in [0.4, 0.5) is 0 Å². The molecule has 1 N–H and O–H groups in total. The van der Waals surface area contributed by atoms with Crippen molar-refractivity contribution in [1.29, 1.82) is 0 Å². The largest absolute Gasteiger partial charge is 0.508 e. The van der Waals surface area contributed by atoms with Gasteiger partial charge in [0.05, 0.1) is 4.83 Å². The van der Waals surface area contributed by atoms with Crippen molar-refractivity contribution in [1.82, 2.24) is 0 Å². The number of hydrogen-bond donors (Lipinski definition) is 1. The molecule has 1 aromatic rings. The summed E-state index contributed by atoms with van der Waals surface area (Å²) in [4.78, 5) is 11.3. The number of carbonyl (C=O) groups is 1. The van der Waals surface area contributed by atoms with E-state index in [1.165, 1.54) is 6.07 Å². The first-order chi connectivity index (χ1) is 6.00. The molecule has 0 aromatic heterocycles. The lowest BCUT2D eigenvalue weighted by atomic mass is 10.1. The van der Waals surface area contributed by atoms with Crippen molar-refractivity contribution in [3.63, 3.8) is 0 Å². The van der Waals surface area contributed by atoms with Gasteiger partial charge in [0, 0.05) is 5.56 Å². The third-order valence-corrected chi connectivity index (χ3v) is 2.12. The highest BCUT2D eigenvalue weighted by atomic mass is 79.9. The van der Waals surface area contributed by atoms with Gasteiger partial charge in [0.2, 0.25) is 0 Å². The number of rotatable bonds is 2. The number of phenols is 1. The highest BCUT2D eigenvalue weighted by Gasteiger charge is 2.12. The summed E-state index contributed by atoms with van der Waals surface area (Å²) < 4.78 is 0. The van der Waals surface area contributed by atoms with Crippen molar-refractivity contribution in [2.75, 3.05) is 0 Å². The standard InChI is InChI=1S/C10H11BrO2/c1-6-3-8(5-9(12)4-6)10(13)7(2)11/h3-5,7,12H,1-2H3. The summed E-state index contributed by atoms with van der Waals surface area (Å²) in [5, 5.41) is 9.26.